The molecule has 0 fully saturated rings. The van der Waals surface area contributed by atoms with Crippen LogP contribution in [0.25, 0.3) is 5.69 Å². The fourth-order valence-electron chi connectivity index (χ4n) is 1.89. The molecule has 0 aromatic carbocycles. The van der Waals surface area contributed by atoms with Crippen molar-refractivity contribution in [2.24, 2.45) is 7.05 Å². The summed E-state index contributed by atoms with van der Waals surface area (Å²) in [5, 5.41) is 4.22. The summed E-state index contributed by atoms with van der Waals surface area (Å²) in [6.07, 6.45) is 4.49. The van der Waals surface area contributed by atoms with Gasteiger partial charge in [-0.1, -0.05) is 6.92 Å². The highest BCUT2D eigenvalue weighted by Gasteiger charge is 2.11. The second-order valence-electron chi connectivity index (χ2n) is 4.55. The minimum absolute atomic E-state index is 0.0856. The lowest BCUT2D eigenvalue weighted by Crippen LogP contribution is -2.34. The van der Waals surface area contributed by atoms with E-state index in [4.69, 9.17) is 0 Å². The van der Waals surface area contributed by atoms with E-state index in [0.717, 1.165) is 23.2 Å². The average molecular weight is 244 g/mol. The molecule has 0 saturated carbocycles. The molecule has 0 aliphatic carbocycles. The van der Waals surface area contributed by atoms with Crippen molar-refractivity contribution >= 4 is 0 Å². The highest BCUT2D eigenvalue weighted by molar-refractivity contribution is 5.31. The van der Waals surface area contributed by atoms with Crippen LogP contribution in [0, 0.1) is 13.8 Å². The summed E-state index contributed by atoms with van der Waals surface area (Å²) in [4.78, 5) is 12.0. The van der Waals surface area contributed by atoms with Gasteiger partial charge in [-0.25, -0.2) is 4.57 Å². The van der Waals surface area contributed by atoms with Crippen LogP contribution in [0.5, 0.6) is 0 Å². The third kappa shape index (κ3) is 2.18. The number of hydrogen-bond acceptors (Lipinski definition) is 2. The molecule has 0 bridgehead atoms. The number of pyridine rings is 1. The Morgan fingerprint density at radius 2 is 2.06 bits per heavy atom. The van der Waals surface area contributed by atoms with Gasteiger partial charge < -0.3 is 0 Å². The van der Waals surface area contributed by atoms with E-state index < -0.39 is 0 Å². The van der Waals surface area contributed by atoms with E-state index in [0.29, 0.717) is 0 Å². The smallest absolute Gasteiger partial charge is 0.267 e. The quantitative estimate of drug-likeness (QED) is 0.745. The molecule has 2 aromatic heterocycles. The molecule has 2 rings (SSSR count). The average Bonchev–Trinajstić information content (AvgIpc) is 2.35. The van der Waals surface area contributed by atoms with E-state index in [1.807, 2.05) is 37.7 Å². The normalized spacial score (nSPS) is 10.7. The summed E-state index contributed by atoms with van der Waals surface area (Å²) < 4.78 is 3.44. The van der Waals surface area contributed by atoms with Crippen molar-refractivity contribution in [1.29, 1.82) is 0 Å². The maximum absolute atomic E-state index is 12.0. The maximum atomic E-state index is 12.0. The van der Waals surface area contributed by atoms with Gasteiger partial charge in [-0.2, -0.15) is 9.78 Å². The van der Waals surface area contributed by atoms with Gasteiger partial charge in [-0.3, -0.25) is 4.79 Å². The summed E-state index contributed by atoms with van der Waals surface area (Å²) in [5.74, 6) is 0. The van der Waals surface area contributed by atoms with Crippen LogP contribution in [-0.2, 0) is 13.5 Å². The summed E-state index contributed by atoms with van der Waals surface area (Å²) in [6, 6.07) is 3.62. The monoisotopic (exact) mass is 244 g/mol. The van der Waals surface area contributed by atoms with E-state index in [9.17, 15) is 4.79 Å². The van der Waals surface area contributed by atoms with Crippen molar-refractivity contribution < 1.29 is 4.57 Å². The Morgan fingerprint density at radius 3 is 2.61 bits per heavy atom. The van der Waals surface area contributed by atoms with E-state index in [2.05, 4.69) is 12.0 Å². The van der Waals surface area contributed by atoms with Crippen LogP contribution in [0.4, 0.5) is 0 Å². The lowest BCUT2D eigenvalue weighted by Gasteiger charge is -2.06. The Hall–Kier alpha value is -1.97. The molecule has 2 aromatic rings. The molecule has 0 aliphatic heterocycles. The molecule has 0 amide bonds. The van der Waals surface area contributed by atoms with Gasteiger partial charge in [0.2, 0.25) is 0 Å². The Balaban J connectivity index is 2.59. The zero-order valence-corrected chi connectivity index (χ0v) is 11.3. The Bertz CT molecular complexity index is 621. The van der Waals surface area contributed by atoms with Crippen molar-refractivity contribution in [3.8, 4) is 5.69 Å². The molecular weight excluding hydrogens is 226 g/mol. The molecule has 0 spiro atoms. The zero-order chi connectivity index (χ0) is 13.3. The van der Waals surface area contributed by atoms with Gasteiger partial charge in [-0.05, 0) is 25.0 Å². The van der Waals surface area contributed by atoms with Gasteiger partial charge in [0.15, 0.2) is 11.9 Å². The molecule has 2 heterocycles. The Kier molecular flexibility index (Phi) is 3.28. The molecule has 0 saturated heterocycles. The fourth-order valence-corrected chi connectivity index (χ4v) is 1.89. The molecule has 0 radical (unpaired) electrons. The lowest BCUT2D eigenvalue weighted by molar-refractivity contribution is -0.677. The van der Waals surface area contributed by atoms with Crippen LogP contribution < -0.4 is 10.1 Å². The summed E-state index contributed by atoms with van der Waals surface area (Å²) in [6.45, 7) is 6.09. The van der Waals surface area contributed by atoms with Crippen LogP contribution in [0.15, 0.2) is 29.3 Å². The van der Waals surface area contributed by atoms with Gasteiger partial charge in [0.1, 0.15) is 12.7 Å². The molecular formula is C14H18N3O+. The van der Waals surface area contributed by atoms with E-state index in [-0.39, 0.29) is 5.56 Å². The van der Waals surface area contributed by atoms with Crippen LogP contribution in [0.2, 0.25) is 0 Å². The first-order chi connectivity index (χ1) is 8.52. The van der Waals surface area contributed by atoms with Gasteiger partial charge in [0, 0.05) is 18.6 Å². The molecule has 0 unspecified atom stereocenters. The Labute approximate surface area is 107 Å². The third-order valence-electron chi connectivity index (χ3n) is 3.30. The van der Waals surface area contributed by atoms with Crippen LogP contribution >= 0.6 is 0 Å². The van der Waals surface area contributed by atoms with E-state index in [1.54, 1.807) is 12.3 Å². The molecule has 0 N–H and O–H groups in total. The fraction of sp³-hybridized carbons (Fsp3) is 0.357. The predicted molar refractivity (Wildman–Crippen MR) is 69.9 cm³/mol. The van der Waals surface area contributed by atoms with Crippen molar-refractivity contribution in [1.82, 2.24) is 9.78 Å². The van der Waals surface area contributed by atoms with Crippen molar-refractivity contribution in [3.05, 3.63) is 51.7 Å². The van der Waals surface area contributed by atoms with Crippen molar-refractivity contribution in [2.75, 3.05) is 0 Å². The van der Waals surface area contributed by atoms with Crippen molar-refractivity contribution in [2.45, 2.75) is 27.2 Å². The van der Waals surface area contributed by atoms with Gasteiger partial charge in [0.25, 0.3) is 5.56 Å². The molecule has 4 heteroatoms. The molecule has 18 heavy (non-hydrogen) atoms. The zero-order valence-electron chi connectivity index (χ0n) is 11.3. The first-order valence-corrected chi connectivity index (χ1v) is 6.08. The molecule has 94 valence electrons. The first kappa shape index (κ1) is 12.5. The summed E-state index contributed by atoms with van der Waals surface area (Å²) in [7, 11) is 1.97. The van der Waals surface area contributed by atoms with Crippen LogP contribution in [0.3, 0.4) is 0 Å². The molecule has 0 atom stereocenters. The standard InChI is InChI=1S/C14H18N3O/c1-5-12-7-14(18)17(15-8-12)13-6-10(2)11(3)16(4)9-13/h6-9H,5H2,1-4H3/q+1. The lowest BCUT2D eigenvalue weighted by atomic mass is 10.2. The molecule has 4 nitrogen and oxygen atoms in total. The second kappa shape index (κ2) is 4.72. The second-order valence-corrected chi connectivity index (χ2v) is 4.55. The SMILES string of the molecule is CCc1cnn(-c2cc(C)c(C)[n+](C)c2)c(=O)c1. The van der Waals surface area contributed by atoms with Gasteiger partial charge in [0.05, 0.1) is 6.20 Å². The number of aryl methyl sites for hydroxylation is 3. The first-order valence-electron chi connectivity index (χ1n) is 6.08. The summed E-state index contributed by atoms with van der Waals surface area (Å²) in [5.41, 5.74) is 4.00. The Morgan fingerprint density at radius 1 is 1.33 bits per heavy atom. The van der Waals surface area contributed by atoms with E-state index in [1.165, 1.54) is 10.4 Å². The largest absolute Gasteiger partial charge is 0.271 e. The van der Waals surface area contributed by atoms with Gasteiger partial charge >= 0.3 is 0 Å². The number of aromatic nitrogens is 3. The third-order valence-corrected chi connectivity index (χ3v) is 3.30. The number of rotatable bonds is 2. The predicted octanol–water partition coefficient (Wildman–Crippen LogP) is 1.24. The topological polar surface area (TPSA) is 38.8 Å². The van der Waals surface area contributed by atoms with Crippen LogP contribution in [-0.4, -0.2) is 9.78 Å². The van der Waals surface area contributed by atoms with Crippen molar-refractivity contribution in [3.63, 3.8) is 0 Å². The maximum Gasteiger partial charge on any atom is 0.271 e. The van der Waals surface area contributed by atoms with E-state index >= 15 is 0 Å². The highest BCUT2D eigenvalue weighted by Crippen LogP contribution is 2.07. The van der Waals surface area contributed by atoms with Crippen LogP contribution in [0.1, 0.15) is 23.7 Å². The minimum Gasteiger partial charge on any atom is -0.267 e. The minimum atomic E-state index is -0.0856. The van der Waals surface area contributed by atoms with Gasteiger partial charge in [-0.15, -0.1) is 0 Å². The number of nitrogens with zero attached hydrogens (tertiary/aromatic N) is 3. The summed E-state index contributed by atoms with van der Waals surface area (Å²) >= 11 is 0. The number of hydrogen-bond donors (Lipinski definition) is 0. The molecule has 0 aliphatic rings. The highest BCUT2D eigenvalue weighted by atomic mass is 16.1.